The van der Waals surface area contributed by atoms with Crippen LogP contribution >= 0.6 is 0 Å². The first-order valence-electron chi connectivity index (χ1n) is 6.18. The summed E-state index contributed by atoms with van der Waals surface area (Å²) in [4.78, 5) is 0. The normalized spacial score (nSPS) is 11.1. The van der Waals surface area contributed by atoms with Gasteiger partial charge >= 0.3 is 0 Å². The van der Waals surface area contributed by atoms with E-state index in [1.54, 1.807) is 0 Å². The van der Waals surface area contributed by atoms with E-state index in [0.29, 0.717) is 5.54 Å². The lowest BCUT2D eigenvalue weighted by Crippen LogP contribution is -2.33. The molecule has 0 radical (unpaired) electrons. The minimum Gasteiger partial charge on any atom is -0.0879 e. The molecule has 0 aromatic carbocycles. The van der Waals surface area contributed by atoms with Crippen molar-refractivity contribution in [1.29, 1.82) is 0 Å². The van der Waals surface area contributed by atoms with E-state index in [2.05, 4.69) is 72.5 Å². The molecule has 0 atom stereocenters. The van der Waals surface area contributed by atoms with Gasteiger partial charge in [0.15, 0.2) is 0 Å². The number of hydrogen-bond acceptors (Lipinski definition) is 0. The van der Waals surface area contributed by atoms with Crippen molar-refractivity contribution in [2.45, 2.75) is 60.9 Å². The SMILES string of the molecule is CC(C)=C[Si](C=C(C)C)(C=C(C)C)C(C)C. The van der Waals surface area contributed by atoms with E-state index in [0.717, 1.165) is 0 Å². The minimum absolute atomic E-state index is 0.715. The molecule has 0 nitrogen and oxygen atoms in total. The number of hydrogen-bond donors (Lipinski definition) is 0. The van der Waals surface area contributed by atoms with Crippen LogP contribution in [0.25, 0.3) is 0 Å². The molecule has 0 fully saturated rings. The van der Waals surface area contributed by atoms with E-state index < -0.39 is 8.07 Å². The average Bonchev–Trinajstić information content (AvgIpc) is 1.98. The molecule has 1 heteroatoms. The predicted octanol–water partition coefficient (Wildman–Crippen LogP) is 5.36. The molecular formula is C15H28Si. The molecular weight excluding hydrogens is 208 g/mol. The van der Waals surface area contributed by atoms with Gasteiger partial charge in [-0.3, -0.25) is 0 Å². The average molecular weight is 236 g/mol. The Morgan fingerprint density at radius 1 is 0.688 bits per heavy atom. The van der Waals surface area contributed by atoms with E-state index in [9.17, 15) is 0 Å². The Morgan fingerprint density at radius 3 is 1.06 bits per heavy atom. The van der Waals surface area contributed by atoms with Gasteiger partial charge in [0.2, 0.25) is 0 Å². The maximum Gasteiger partial charge on any atom is 0.128 e. The van der Waals surface area contributed by atoms with Crippen LogP contribution in [0.1, 0.15) is 55.4 Å². The molecule has 0 amide bonds. The van der Waals surface area contributed by atoms with Gasteiger partial charge in [-0.1, -0.05) is 47.7 Å². The summed E-state index contributed by atoms with van der Waals surface area (Å²) in [6, 6.07) is 0. The summed E-state index contributed by atoms with van der Waals surface area (Å²) in [7, 11) is -1.55. The zero-order valence-electron chi connectivity index (χ0n) is 12.3. The molecule has 92 valence electrons. The minimum atomic E-state index is -1.55. The van der Waals surface area contributed by atoms with Crippen LogP contribution in [0, 0.1) is 0 Å². The molecule has 0 bridgehead atoms. The van der Waals surface area contributed by atoms with Gasteiger partial charge in [0.25, 0.3) is 0 Å². The molecule has 0 spiro atoms. The highest BCUT2D eigenvalue weighted by molar-refractivity contribution is 6.94. The highest BCUT2D eigenvalue weighted by Gasteiger charge is 2.29. The summed E-state index contributed by atoms with van der Waals surface area (Å²) in [6.45, 7) is 18.0. The van der Waals surface area contributed by atoms with E-state index in [1.807, 2.05) is 0 Å². The van der Waals surface area contributed by atoms with Gasteiger partial charge in [-0.2, -0.15) is 0 Å². The standard InChI is InChI=1S/C15H28Si/c1-12(2)9-16(15(7)8,10-13(3)4)11-14(5)6/h9-11,15H,1-8H3. The monoisotopic (exact) mass is 236 g/mol. The fraction of sp³-hybridized carbons (Fsp3) is 0.600. The van der Waals surface area contributed by atoms with E-state index in [4.69, 9.17) is 0 Å². The Kier molecular flexibility index (Phi) is 6.02. The topological polar surface area (TPSA) is 0 Å². The Bertz CT molecular complexity index is 259. The first-order chi connectivity index (χ1) is 7.19. The van der Waals surface area contributed by atoms with Gasteiger partial charge in [-0.05, 0) is 47.1 Å². The summed E-state index contributed by atoms with van der Waals surface area (Å²) in [5.74, 6) is 0. The van der Waals surface area contributed by atoms with Gasteiger partial charge in [-0.15, -0.1) is 0 Å². The second-order valence-corrected chi connectivity index (χ2v) is 9.84. The third kappa shape index (κ3) is 4.98. The van der Waals surface area contributed by atoms with Crippen LogP contribution in [-0.2, 0) is 0 Å². The molecule has 0 aromatic rings. The molecule has 0 heterocycles. The van der Waals surface area contributed by atoms with E-state index >= 15 is 0 Å². The quantitative estimate of drug-likeness (QED) is 0.576. The maximum atomic E-state index is 2.53. The molecule has 16 heavy (non-hydrogen) atoms. The van der Waals surface area contributed by atoms with Crippen molar-refractivity contribution < 1.29 is 0 Å². The summed E-state index contributed by atoms with van der Waals surface area (Å²) >= 11 is 0. The van der Waals surface area contributed by atoms with Crippen molar-refractivity contribution >= 4 is 8.07 Å². The molecule has 0 N–H and O–H groups in total. The third-order valence-electron chi connectivity index (χ3n) is 2.62. The Labute approximate surface area is 103 Å². The van der Waals surface area contributed by atoms with Crippen LogP contribution < -0.4 is 0 Å². The third-order valence-corrected chi connectivity index (χ3v) is 7.85. The number of rotatable bonds is 4. The van der Waals surface area contributed by atoms with Crippen molar-refractivity contribution in [3.8, 4) is 0 Å². The van der Waals surface area contributed by atoms with Crippen LogP contribution in [0.3, 0.4) is 0 Å². The van der Waals surface area contributed by atoms with E-state index in [-0.39, 0.29) is 0 Å². The second-order valence-electron chi connectivity index (χ2n) is 5.82. The molecule has 0 aromatic heterocycles. The molecule has 0 saturated heterocycles. The Hall–Kier alpha value is -0.563. The van der Waals surface area contributed by atoms with Crippen molar-refractivity contribution in [1.82, 2.24) is 0 Å². The number of allylic oxidation sites excluding steroid dienone is 3. The van der Waals surface area contributed by atoms with Crippen LogP contribution in [0.5, 0.6) is 0 Å². The van der Waals surface area contributed by atoms with E-state index in [1.165, 1.54) is 16.7 Å². The summed E-state index contributed by atoms with van der Waals surface area (Å²) in [5.41, 5.74) is 12.6. The zero-order chi connectivity index (χ0) is 12.9. The van der Waals surface area contributed by atoms with Gasteiger partial charge in [0.1, 0.15) is 8.07 Å². The van der Waals surface area contributed by atoms with Gasteiger partial charge in [-0.25, -0.2) is 0 Å². The Morgan fingerprint density at radius 2 is 0.938 bits per heavy atom. The van der Waals surface area contributed by atoms with Gasteiger partial charge < -0.3 is 0 Å². The van der Waals surface area contributed by atoms with Crippen LogP contribution in [0.4, 0.5) is 0 Å². The van der Waals surface area contributed by atoms with Gasteiger partial charge in [0, 0.05) is 0 Å². The molecule has 0 aliphatic carbocycles. The molecule has 0 rings (SSSR count). The lowest BCUT2D eigenvalue weighted by Gasteiger charge is -2.28. The van der Waals surface area contributed by atoms with Crippen molar-refractivity contribution in [3.05, 3.63) is 33.8 Å². The van der Waals surface area contributed by atoms with Crippen molar-refractivity contribution in [2.75, 3.05) is 0 Å². The first-order valence-corrected chi connectivity index (χ1v) is 8.48. The van der Waals surface area contributed by atoms with Crippen LogP contribution in [-0.4, -0.2) is 8.07 Å². The fourth-order valence-electron chi connectivity index (χ4n) is 2.12. The highest BCUT2D eigenvalue weighted by Crippen LogP contribution is 2.28. The largest absolute Gasteiger partial charge is 0.128 e. The molecule has 0 aliphatic heterocycles. The fourth-order valence-corrected chi connectivity index (χ4v) is 6.38. The Balaban J connectivity index is 5.69. The van der Waals surface area contributed by atoms with Crippen molar-refractivity contribution in [2.24, 2.45) is 0 Å². The van der Waals surface area contributed by atoms with Crippen LogP contribution in [0.15, 0.2) is 33.8 Å². The van der Waals surface area contributed by atoms with Crippen molar-refractivity contribution in [3.63, 3.8) is 0 Å². The van der Waals surface area contributed by atoms with Gasteiger partial charge in [0.05, 0.1) is 0 Å². The first kappa shape index (κ1) is 15.4. The molecule has 0 aliphatic rings. The zero-order valence-corrected chi connectivity index (χ0v) is 13.3. The lowest BCUT2D eigenvalue weighted by atomic mass is 10.4. The highest BCUT2D eigenvalue weighted by atomic mass is 28.3. The smallest absolute Gasteiger partial charge is 0.0879 e. The lowest BCUT2D eigenvalue weighted by molar-refractivity contribution is 1.03. The predicted molar refractivity (Wildman–Crippen MR) is 79.1 cm³/mol. The summed E-state index contributed by atoms with van der Waals surface area (Å²) < 4.78 is 0. The molecule has 0 saturated carbocycles. The molecule has 0 unspecified atom stereocenters. The summed E-state index contributed by atoms with van der Waals surface area (Å²) in [6.07, 6.45) is 0. The second kappa shape index (κ2) is 6.24. The summed E-state index contributed by atoms with van der Waals surface area (Å²) in [5, 5.41) is 0. The van der Waals surface area contributed by atoms with Crippen LogP contribution in [0.2, 0.25) is 5.54 Å². The maximum absolute atomic E-state index is 2.53.